The predicted molar refractivity (Wildman–Crippen MR) is 197 cm³/mol. The Hall–Kier alpha value is -4.36. The summed E-state index contributed by atoms with van der Waals surface area (Å²) >= 11 is 0. The summed E-state index contributed by atoms with van der Waals surface area (Å²) in [5, 5.41) is 0. The Morgan fingerprint density at radius 1 is 0.733 bits per heavy atom. The average molecular weight is 895 g/mol. The molecule has 7 heterocycles. The molecule has 3 saturated heterocycles. The molecule has 4 aromatic rings. The van der Waals surface area contributed by atoms with Crippen LogP contribution in [0.3, 0.4) is 0 Å². The summed E-state index contributed by atoms with van der Waals surface area (Å²) in [6.45, 7) is 4.97. The van der Waals surface area contributed by atoms with Gasteiger partial charge in [-0.25, -0.2) is 56.9 Å². The fraction of sp³-hybridized carbons (Fsp3) is 0.625. The largest absolute Gasteiger partial charge is 0.478 e. The van der Waals surface area contributed by atoms with E-state index >= 15 is 8.78 Å². The molecule has 0 aliphatic carbocycles. The van der Waals surface area contributed by atoms with Crippen LogP contribution in [0.25, 0.3) is 22.3 Å². The number of anilines is 2. The van der Waals surface area contributed by atoms with Gasteiger partial charge < -0.3 is 30.4 Å². The fourth-order valence-corrected chi connectivity index (χ4v) is 8.38. The summed E-state index contributed by atoms with van der Waals surface area (Å²) < 4.78 is 137. The topological polar surface area (TPSA) is 300 Å². The van der Waals surface area contributed by atoms with E-state index in [1.165, 1.54) is 41.5 Å². The number of phosphoric acid groups is 2. The highest BCUT2D eigenvalue weighted by Crippen LogP contribution is 2.58. The second-order valence-corrected chi connectivity index (χ2v) is 18.8. The molecule has 0 unspecified atom stereocenters. The number of alkyl halides is 2. The van der Waals surface area contributed by atoms with Crippen molar-refractivity contribution in [2.75, 3.05) is 38.3 Å². The van der Waals surface area contributed by atoms with Gasteiger partial charge in [0.1, 0.15) is 50.8 Å². The normalized spacial score (nSPS) is 32.1. The first-order valence-corrected chi connectivity index (χ1v) is 20.9. The minimum Gasteiger partial charge on any atom is -0.437 e. The molecule has 7 rings (SSSR count). The van der Waals surface area contributed by atoms with Crippen molar-refractivity contribution in [1.29, 1.82) is 0 Å². The predicted octanol–water partition coefficient (Wildman–Crippen LogP) is 3.46. The molecule has 0 spiro atoms. The van der Waals surface area contributed by atoms with Crippen LogP contribution in [0.5, 0.6) is 0 Å². The Bertz CT molecular complexity index is 2290. The number of ether oxygens (including phenoxy) is 4. The minimum atomic E-state index is -5.21. The van der Waals surface area contributed by atoms with Gasteiger partial charge >= 0.3 is 27.6 Å². The second-order valence-electron chi connectivity index (χ2n) is 15.5. The maximum Gasteiger partial charge on any atom is 0.478 e. The van der Waals surface area contributed by atoms with Gasteiger partial charge in [0.05, 0.1) is 36.7 Å². The van der Waals surface area contributed by atoms with E-state index in [1.54, 1.807) is 0 Å². The summed E-state index contributed by atoms with van der Waals surface area (Å²) in [5.41, 5.74) is 9.22. The second kappa shape index (κ2) is 16.5. The first-order chi connectivity index (χ1) is 29.0. The van der Waals surface area contributed by atoms with E-state index in [2.05, 4.69) is 29.9 Å². The Balaban J connectivity index is 1.27. The number of halogens is 2. The van der Waals surface area contributed by atoms with Crippen molar-refractivity contribution in [2.24, 2.45) is 10.8 Å². The maximum atomic E-state index is 16.9. The molecule has 10 atom stereocenters. The standard InChI is InChI=1S/C32H42F2N10O14P2/c1-31(2,3)29(45)49-13-53-59(47)51-7-15-22(18(34)28(55-15)44-12-42-20-24(36)38-10-40-26(20)44)58-60(48,54-14-50-30(46)32(4,5)6)52-8-16-21(57-59)17(33)27(56-16)43-11-41-19-23(35)37-9-39-25(19)43/h9-12,15-18,21-22,27-28H,7-8,13-14H2,1-6H3,(H2,35,37,39)(H2,36,38,40)/t15-,16-,17-,18-,21-,22-,27-,28-,59+,60+/m1/s1/i11T,12T. The van der Waals surface area contributed by atoms with Crippen molar-refractivity contribution in [3.8, 4) is 0 Å². The van der Waals surface area contributed by atoms with Crippen LogP contribution in [0.15, 0.2) is 25.3 Å². The zero-order valence-electron chi connectivity index (χ0n) is 34.7. The summed E-state index contributed by atoms with van der Waals surface area (Å²) in [7, 11) is -10.4. The van der Waals surface area contributed by atoms with Gasteiger partial charge in [0.2, 0.25) is 13.6 Å². The van der Waals surface area contributed by atoms with Gasteiger partial charge in [-0.2, -0.15) is 0 Å². The van der Waals surface area contributed by atoms with Gasteiger partial charge in [0.15, 0.2) is 47.7 Å². The lowest BCUT2D eigenvalue weighted by atomic mass is 9.98. The molecule has 24 nitrogen and oxygen atoms in total. The lowest BCUT2D eigenvalue weighted by molar-refractivity contribution is -0.161. The number of phosphoric ester groups is 2. The van der Waals surface area contributed by atoms with Crippen molar-refractivity contribution >= 4 is 61.5 Å². The number of hydrogen-bond donors (Lipinski definition) is 2. The van der Waals surface area contributed by atoms with E-state index in [-0.39, 0.29) is 34.0 Å². The number of rotatable bonds is 8. The average Bonchev–Trinajstić information content (AvgIpc) is 3.89. The molecule has 0 saturated carbocycles. The van der Waals surface area contributed by atoms with Crippen LogP contribution in [-0.4, -0.2) is 115 Å². The van der Waals surface area contributed by atoms with Crippen molar-refractivity contribution in [2.45, 2.75) is 90.8 Å². The number of esters is 2. The molecule has 28 heteroatoms. The van der Waals surface area contributed by atoms with Crippen molar-refractivity contribution < 1.29 is 76.3 Å². The van der Waals surface area contributed by atoms with Crippen molar-refractivity contribution in [3.05, 3.63) is 25.3 Å². The first kappa shape index (κ1) is 41.0. The quantitative estimate of drug-likeness (QED) is 0.145. The Morgan fingerprint density at radius 2 is 1.12 bits per heavy atom. The van der Waals surface area contributed by atoms with Crippen molar-refractivity contribution in [1.82, 2.24) is 39.0 Å². The van der Waals surface area contributed by atoms with Gasteiger partial charge in [-0.3, -0.25) is 36.8 Å². The number of hydrogen-bond acceptors (Lipinski definition) is 22. The van der Waals surface area contributed by atoms with Crippen LogP contribution in [0, 0.1) is 10.8 Å². The number of carbonyl (C=O) groups excluding carboxylic acids is 2. The molecular formula is C32H42F2N10O14P2. The molecule has 3 aliphatic rings. The number of carbonyl (C=O) groups is 2. The lowest BCUT2D eigenvalue weighted by Crippen LogP contribution is -2.38. The molecule has 3 fully saturated rings. The molecule has 328 valence electrons. The number of fused-ring (bicyclic) bond motifs is 4. The third-order valence-electron chi connectivity index (χ3n) is 9.02. The van der Waals surface area contributed by atoms with Crippen LogP contribution >= 0.6 is 15.6 Å². The van der Waals surface area contributed by atoms with E-state index in [4.69, 9.17) is 60.3 Å². The van der Waals surface area contributed by atoms with Gasteiger partial charge in [0.25, 0.3) is 0 Å². The van der Waals surface area contributed by atoms with Gasteiger partial charge in [-0.15, -0.1) is 0 Å². The number of nitrogen functional groups attached to an aromatic ring is 2. The van der Waals surface area contributed by atoms with E-state index in [9.17, 15) is 18.7 Å². The smallest absolute Gasteiger partial charge is 0.437 e. The van der Waals surface area contributed by atoms with Crippen LogP contribution in [-0.2, 0) is 64.8 Å². The molecule has 0 aromatic carbocycles. The summed E-state index contributed by atoms with van der Waals surface area (Å²) in [6, 6.07) is 0. The number of imidazole rings is 2. The Morgan fingerprint density at radius 3 is 1.48 bits per heavy atom. The minimum absolute atomic E-state index is 0.0896. The van der Waals surface area contributed by atoms with Gasteiger partial charge in [-0.1, -0.05) is 0 Å². The van der Waals surface area contributed by atoms with E-state index < -0.39 is 127 Å². The van der Waals surface area contributed by atoms with E-state index in [1.807, 2.05) is 0 Å². The van der Waals surface area contributed by atoms with Crippen LogP contribution in [0.4, 0.5) is 20.4 Å². The third-order valence-corrected chi connectivity index (χ3v) is 11.8. The highest BCUT2D eigenvalue weighted by Gasteiger charge is 2.56. The molecule has 0 radical (unpaired) electrons. The van der Waals surface area contributed by atoms with Crippen LogP contribution in [0.1, 0.15) is 56.7 Å². The highest BCUT2D eigenvalue weighted by molar-refractivity contribution is 7.48. The molecule has 0 bridgehead atoms. The lowest BCUT2D eigenvalue weighted by Gasteiger charge is -2.30. The molecule has 4 N–H and O–H groups in total. The van der Waals surface area contributed by atoms with E-state index in [0.29, 0.717) is 0 Å². The zero-order chi connectivity index (χ0) is 45.1. The molecule has 3 aliphatic heterocycles. The number of aromatic nitrogens is 8. The molecular weight excluding hydrogens is 848 g/mol. The third kappa shape index (κ3) is 8.84. The molecule has 0 amide bonds. The Labute approximate surface area is 341 Å². The Kier molecular flexibility index (Phi) is 11.3. The van der Waals surface area contributed by atoms with Crippen LogP contribution < -0.4 is 11.5 Å². The summed E-state index contributed by atoms with van der Waals surface area (Å²) in [6.07, 6.45) is -15.4. The fourth-order valence-electron chi connectivity index (χ4n) is 5.86. The maximum absolute atomic E-state index is 16.9. The van der Waals surface area contributed by atoms with E-state index in [0.717, 1.165) is 21.8 Å². The number of nitrogens with two attached hydrogens (primary N) is 2. The summed E-state index contributed by atoms with van der Waals surface area (Å²) in [5.74, 6) is -1.93. The van der Waals surface area contributed by atoms with Crippen LogP contribution in [0.2, 0.25) is 0 Å². The van der Waals surface area contributed by atoms with Gasteiger partial charge in [0, 0.05) is 0 Å². The summed E-state index contributed by atoms with van der Waals surface area (Å²) in [4.78, 5) is 48.9. The zero-order valence-corrected chi connectivity index (χ0v) is 34.5. The molecule has 4 aromatic heterocycles. The highest BCUT2D eigenvalue weighted by atomic mass is 31.2. The number of nitrogens with zero attached hydrogens (tertiary/aromatic N) is 8. The monoisotopic (exact) mass is 894 g/mol. The molecule has 60 heavy (non-hydrogen) atoms. The van der Waals surface area contributed by atoms with Crippen molar-refractivity contribution in [3.63, 3.8) is 0 Å². The first-order valence-electron chi connectivity index (χ1n) is 19.0. The van der Waals surface area contributed by atoms with Gasteiger partial charge in [-0.05, 0) is 41.5 Å². The SMILES string of the molecule is [3H]c1nc2c(N)ncnc2n1[C@@H]1O[C@@H]2CO[P@@](=O)(OCOC(=O)C(C)(C)C)O[C@H]3[C@@H](F)[C@H](n4c([3H])nc5c(N)ncnc54)O[C@@H]3CO[P@@](=O)(OCOC(=O)C(C)(C)C)O[C@H]2[C@H]1F.